The summed E-state index contributed by atoms with van der Waals surface area (Å²) in [4.78, 5) is 0. The van der Waals surface area contributed by atoms with Crippen molar-refractivity contribution in [2.24, 2.45) is 5.41 Å². The molecule has 1 aliphatic rings. The summed E-state index contributed by atoms with van der Waals surface area (Å²) in [5, 5.41) is 3.50. The molecule has 0 atom stereocenters. The fourth-order valence-electron chi connectivity index (χ4n) is 2.04. The van der Waals surface area contributed by atoms with Gasteiger partial charge in [0.15, 0.2) is 0 Å². The summed E-state index contributed by atoms with van der Waals surface area (Å²) in [6.07, 6.45) is 2.39. The van der Waals surface area contributed by atoms with Crippen LogP contribution in [0.1, 0.15) is 25.8 Å². The summed E-state index contributed by atoms with van der Waals surface area (Å²) in [6.45, 7) is 5.75. The fraction of sp³-hybridized carbons (Fsp3) is 0.500. The first-order valence-electron chi connectivity index (χ1n) is 5.10. The van der Waals surface area contributed by atoms with Gasteiger partial charge in [0, 0.05) is 11.0 Å². The van der Waals surface area contributed by atoms with Crippen LogP contribution >= 0.6 is 15.9 Å². The highest BCUT2D eigenvalue weighted by atomic mass is 79.9. The summed E-state index contributed by atoms with van der Waals surface area (Å²) in [6, 6.07) is 6.44. The minimum atomic E-state index is 0.416. The first kappa shape index (κ1) is 10.0. The Morgan fingerprint density at radius 2 is 2.14 bits per heavy atom. The van der Waals surface area contributed by atoms with Crippen molar-refractivity contribution in [1.29, 1.82) is 0 Å². The van der Waals surface area contributed by atoms with Crippen LogP contribution in [0.5, 0.6) is 0 Å². The second-order valence-electron chi connectivity index (χ2n) is 4.79. The van der Waals surface area contributed by atoms with E-state index >= 15 is 0 Å². The van der Waals surface area contributed by atoms with E-state index in [9.17, 15) is 0 Å². The Morgan fingerprint density at radius 1 is 1.36 bits per heavy atom. The molecule has 1 aliphatic heterocycles. The maximum atomic E-state index is 3.59. The zero-order chi connectivity index (χ0) is 10.2. The van der Waals surface area contributed by atoms with E-state index in [4.69, 9.17) is 0 Å². The van der Waals surface area contributed by atoms with Crippen LogP contribution < -0.4 is 5.32 Å². The zero-order valence-corrected chi connectivity index (χ0v) is 10.3. The lowest BCUT2D eigenvalue weighted by Crippen LogP contribution is -2.15. The molecule has 0 aromatic heterocycles. The molecule has 0 unspecified atom stereocenters. The lowest BCUT2D eigenvalue weighted by Gasteiger charge is -2.21. The van der Waals surface area contributed by atoms with E-state index in [1.54, 1.807) is 0 Å². The van der Waals surface area contributed by atoms with E-state index in [-0.39, 0.29) is 0 Å². The van der Waals surface area contributed by atoms with Gasteiger partial charge in [-0.25, -0.2) is 0 Å². The van der Waals surface area contributed by atoms with Crippen molar-refractivity contribution in [2.45, 2.75) is 26.7 Å². The number of rotatable bonds is 0. The summed E-state index contributed by atoms with van der Waals surface area (Å²) in [7, 11) is 0. The molecule has 1 heterocycles. The molecule has 2 rings (SSSR count). The molecule has 0 spiro atoms. The highest BCUT2D eigenvalue weighted by Crippen LogP contribution is 2.36. The summed E-state index contributed by atoms with van der Waals surface area (Å²) in [5.74, 6) is 0. The van der Waals surface area contributed by atoms with Crippen molar-refractivity contribution in [3.05, 3.63) is 28.2 Å². The largest absolute Gasteiger partial charge is 0.384 e. The number of hydrogen-bond acceptors (Lipinski definition) is 1. The van der Waals surface area contributed by atoms with Crippen molar-refractivity contribution < 1.29 is 0 Å². The van der Waals surface area contributed by atoms with E-state index in [1.807, 2.05) is 0 Å². The summed E-state index contributed by atoms with van der Waals surface area (Å²) < 4.78 is 1.19. The lowest BCUT2D eigenvalue weighted by atomic mass is 9.83. The standard InChI is InChI=1S/C12H16BrN/c1-12(2)6-7-14-11-9(8-12)4-3-5-10(11)13/h3-5,14H,6-8H2,1-2H3. The molecular weight excluding hydrogens is 238 g/mol. The van der Waals surface area contributed by atoms with E-state index in [0.717, 1.165) is 13.0 Å². The zero-order valence-electron chi connectivity index (χ0n) is 8.73. The second-order valence-corrected chi connectivity index (χ2v) is 5.65. The molecule has 1 N–H and O–H groups in total. The highest BCUT2D eigenvalue weighted by molar-refractivity contribution is 9.10. The van der Waals surface area contributed by atoms with Gasteiger partial charge in [0.05, 0.1) is 5.69 Å². The van der Waals surface area contributed by atoms with Crippen molar-refractivity contribution >= 4 is 21.6 Å². The quantitative estimate of drug-likeness (QED) is 0.741. The van der Waals surface area contributed by atoms with Gasteiger partial charge in [-0.3, -0.25) is 0 Å². The summed E-state index contributed by atoms with van der Waals surface area (Å²) in [5.41, 5.74) is 3.14. The molecule has 0 bridgehead atoms. The first-order chi connectivity index (χ1) is 6.58. The number of benzene rings is 1. The Hall–Kier alpha value is -0.500. The Labute approximate surface area is 94.0 Å². The summed E-state index contributed by atoms with van der Waals surface area (Å²) >= 11 is 3.59. The number of anilines is 1. The van der Waals surface area contributed by atoms with Crippen molar-refractivity contribution in [1.82, 2.24) is 0 Å². The molecule has 14 heavy (non-hydrogen) atoms. The fourth-order valence-corrected chi connectivity index (χ4v) is 2.59. The predicted molar refractivity (Wildman–Crippen MR) is 64.7 cm³/mol. The van der Waals surface area contributed by atoms with Gasteiger partial charge in [-0.05, 0) is 45.8 Å². The van der Waals surface area contributed by atoms with Crippen molar-refractivity contribution in [2.75, 3.05) is 11.9 Å². The molecule has 76 valence electrons. The molecule has 0 saturated heterocycles. The van der Waals surface area contributed by atoms with Crippen molar-refractivity contribution in [3.8, 4) is 0 Å². The van der Waals surface area contributed by atoms with Crippen LogP contribution in [0.25, 0.3) is 0 Å². The molecule has 0 radical (unpaired) electrons. The van der Waals surface area contributed by atoms with Gasteiger partial charge < -0.3 is 5.32 Å². The monoisotopic (exact) mass is 253 g/mol. The number of para-hydroxylation sites is 1. The van der Waals surface area contributed by atoms with Crippen LogP contribution in [-0.4, -0.2) is 6.54 Å². The van der Waals surface area contributed by atoms with E-state index < -0.39 is 0 Å². The Bertz CT molecular complexity index is 344. The van der Waals surface area contributed by atoms with Crippen molar-refractivity contribution in [3.63, 3.8) is 0 Å². The lowest BCUT2D eigenvalue weighted by molar-refractivity contribution is 0.349. The molecule has 1 aromatic carbocycles. The van der Waals surface area contributed by atoms with Crippen LogP contribution in [-0.2, 0) is 6.42 Å². The molecule has 2 heteroatoms. The van der Waals surface area contributed by atoms with Gasteiger partial charge in [0.2, 0.25) is 0 Å². The SMILES string of the molecule is CC1(C)CCNc2c(Br)cccc2C1. The molecule has 0 fully saturated rings. The topological polar surface area (TPSA) is 12.0 Å². The van der Waals surface area contributed by atoms with Crippen LogP contribution in [0.3, 0.4) is 0 Å². The molecule has 0 saturated carbocycles. The van der Waals surface area contributed by atoms with E-state index in [1.165, 1.54) is 22.1 Å². The minimum absolute atomic E-state index is 0.416. The number of halogens is 1. The predicted octanol–water partition coefficient (Wildman–Crippen LogP) is 3.83. The maximum Gasteiger partial charge on any atom is 0.0517 e. The molecule has 0 amide bonds. The molecular formula is C12H16BrN. The molecule has 0 aliphatic carbocycles. The van der Waals surface area contributed by atoms with Gasteiger partial charge in [-0.1, -0.05) is 26.0 Å². The smallest absolute Gasteiger partial charge is 0.0517 e. The third kappa shape index (κ3) is 1.95. The Kier molecular flexibility index (Phi) is 2.56. The van der Waals surface area contributed by atoms with Gasteiger partial charge in [0.25, 0.3) is 0 Å². The third-order valence-electron chi connectivity index (χ3n) is 2.87. The first-order valence-corrected chi connectivity index (χ1v) is 5.89. The van der Waals surface area contributed by atoms with Gasteiger partial charge >= 0.3 is 0 Å². The third-order valence-corrected chi connectivity index (χ3v) is 3.53. The highest BCUT2D eigenvalue weighted by Gasteiger charge is 2.23. The van der Waals surface area contributed by atoms with Crippen LogP contribution in [0, 0.1) is 5.41 Å². The van der Waals surface area contributed by atoms with Gasteiger partial charge in [-0.15, -0.1) is 0 Å². The molecule has 1 nitrogen and oxygen atoms in total. The van der Waals surface area contributed by atoms with E-state index in [2.05, 4.69) is 53.3 Å². The normalized spacial score (nSPS) is 19.4. The number of fused-ring (bicyclic) bond motifs is 1. The molecule has 1 aromatic rings. The van der Waals surface area contributed by atoms with Gasteiger partial charge in [0.1, 0.15) is 0 Å². The Morgan fingerprint density at radius 3 is 2.93 bits per heavy atom. The minimum Gasteiger partial charge on any atom is -0.384 e. The van der Waals surface area contributed by atoms with Gasteiger partial charge in [-0.2, -0.15) is 0 Å². The van der Waals surface area contributed by atoms with E-state index in [0.29, 0.717) is 5.41 Å². The maximum absolute atomic E-state index is 3.59. The average molecular weight is 254 g/mol. The number of hydrogen-bond donors (Lipinski definition) is 1. The average Bonchev–Trinajstić information content (AvgIpc) is 2.23. The van der Waals surface area contributed by atoms with Crippen LogP contribution in [0.15, 0.2) is 22.7 Å². The number of nitrogens with one attached hydrogen (secondary N) is 1. The Balaban J connectivity index is 2.42. The second kappa shape index (κ2) is 3.58. The van der Waals surface area contributed by atoms with Crippen LogP contribution in [0.2, 0.25) is 0 Å². The van der Waals surface area contributed by atoms with Crippen LogP contribution in [0.4, 0.5) is 5.69 Å².